The number of benzene rings is 1. The summed E-state index contributed by atoms with van der Waals surface area (Å²) in [5.41, 5.74) is 1.40. The molecule has 1 heterocycles. The van der Waals surface area contributed by atoms with Gasteiger partial charge in [0.2, 0.25) is 0 Å². The Hall–Kier alpha value is -0.610. The third-order valence-electron chi connectivity index (χ3n) is 4.31. The first-order chi connectivity index (χ1) is 10.0. The van der Waals surface area contributed by atoms with E-state index in [1.807, 2.05) is 12.1 Å². The molecule has 1 fully saturated rings. The van der Waals surface area contributed by atoms with Crippen molar-refractivity contribution in [2.75, 3.05) is 32.8 Å². The minimum absolute atomic E-state index is 0.135. The van der Waals surface area contributed by atoms with Gasteiger partial charge in [0.1, 0.15) is 0 Å². The van der Waals surface area contributed by atoms with Gasteiger partial charge in [-0.25, -0.2) is 0 Å². The van der Waals surface area contributed by atoms with E-state index in [-0.39, 0.29) is 5.54 Å². The summed E-state index contributed by atoms with van der Waals surface area (Å²) in [7, 11) is 0. The van der Waals surface area contributed by atoms with Gasteiger partial charge in [-0.15, -0.1) is 0 Å². The van der Waals surface area contributed by atoms with E-state index in [0.717, 1.165) is 44.3 Å². The highest BCUT2D eigenvalue weighted by Crippen LogP contribution is 2.22. The molecule has 1 atom stereocenters. The van der Waals surface area contributed by atoms with Crippen LogP contribution in [-0.4, -0.2) is 43.3 Å². The molecule has 1 N–H and O–H groups in total. The predicted molar refractivity (Wildman–Crippen MR) is 89.0 cm³/mol. The zero-order valence-corrected chi connectivity index (χ0v) is 14.1. The third kappa shape index (κ3) is 4.68. The number of halogens is 1. The maximum atomic E-state index is 6.11. The molecule has 118 valence electrons. The molecule has 0 spiro atoms. The molecule has 1 aliphatic heterocycles. The van der Waals surface area contributed by atoms with E-state index in [1.165, 1.54) is 5.56 Å². The fraction of sp³-hybridized carbons (Fsp3) is 0.647. The van der Waals surface area contributed by atoms with Crippen molar-refractivity contribution in [3.05, 3.63) is 34.9 Å². The summed E-state index contributed by atoms with van der Waals surface area (Å²) in [6, 6.07) is 8.51. The number of hydrogen-bond donors (Lipinski definition) is 1. The lowest BCUT2D eigenvalue weighted by molar-refractivity contribution is -0.0104. The fourth-order valence-corrected chi connectivity index (χ4v) is 3.07. The highest BCUT2D eigenvalue weighted by atomic mass is 35.5. The molecule has 1 aliphatic rings. The van der Waals surface area contributed by atoms with E-state index in [0.29, 0.717) is 6.04 Å². The van der Waals surface area contributed by atoms with Crippen LogP contribution < -0.4 is 5.32 Å². The van der Waals surface area contributed by atoms with E-state index < -0.39 is 0 Å². The van der Waals surface area contributed by atoms with Crippen LogP contribution in [0.4, 0.5) is 0 Å². The average molecular weight is 311 g/mol. The van der Waals surface area contributed by atoms with E-state index in [4.69, 9.17) is 16.3 Å². The van der Waals surface area contributed by atoms with Crippen LogP contribution in [0.25, 0.3) is 0 Å². The Morgan fingerprint density at radius 3 is 2.67 bits per heavy atom. The monoisotopic (exact) mass is 310 g/mol. The molecule has 3 nitrogen and oxygen atoms in total. The van der Waals surface area contributed by atoms with Crippen LogP contribution in [0.5, 0.6) is 0 Å². The van der Waals surface area contributed by atoms with Crippen LogP contribution in [0.2, 0.25) is 5.02 Å². The molecule has 0 amide bonds. The molecule has 0 saturated carbocycles. The van der Waals surface area contributed by atoms with Gasteiger partial charge in [-0.3, -0.25) is 4.90 Å². The van der Waals surface area contributed by atoms with E-state index in [9.17, 15) is 0 Å². The summed E-state index contributed by atoms with van der Waals surface area (Å²) in [6.07, 6.45) is 1.06. The van der Waals surface area contributed by atoms with Crippen molar-refractivity contribution in [1.29, 1.82) is 0 Å². The minimum atomic E-state index is 0.135. The van der Waals surface area contributed by atoms with Gasteiger partial charge in [0.15, 0.2) is 0 Å². The minimum Gasteiger partial charge on any atom is -0.379 e. The maximum Gasteiger partial charge on any atom is 0.0594 e. The fourth-order valence-electron chi connectivity index (χ4n) is 2.87. The quantitative estimate of drug-likeness (QED) is 0.870. The van der Waals surface area contributed by atoms with Crippen molar-refractivity contribution >= 4 is 11.6 Å². The molecule has 1 aromatic rings. The summed E-state index contributed by atoms with van der Waals surface area (Å²) in [5, 5.41) is 4.52. The van der Waals surface area contributed by atoms with Gasteiger partial charge in [-0.05, 0) is 38.0 Å². The third-order valence-corrected chi connectivity index (χ3v) is 4.54. The smallest absolute Gasteiger partial charge is 0.0594 e. The van der Waals surface area contributed by atoms with Gasteiger partial charge in [0.05, 0.1) is 13.2 Å². The molecular weight excluding hydrogens is 284 g/mol. The van der Waals surface area contributed by atoms with Crippen LogP contribution in [0.1, 0.15) is 38.8 Å². The normalized spacial score (nSPS) is 18.7. The Morgan fingerprint density at radius 2 is 2.05 bits per heavy atom. The first-order valence-corrected chi connectivity index (χ1v) is 8.22. The lowest BCUT2D eigenvalue weighted by Gasteiger charge is -2.41. The number of ether oxygens (including phenoxy) is 1. The second kappa shape index (κ2) is 7.59. The van der Waals surface area contributed by atoms with Crippen molar-refractivity contribution in [1.82, 2.24) is 10.2 Å². The maximum absolute atomic E-state index is 6.11. The largest absolute Gasteiger partial charge is 0.379 e. The summed E-state index contributed by atoms with van der Waals surface area (Å²) >= 11 is 6.11. The van der Waals surface area contributed by atoms with Crippen molar-refractivity contribution in [2.24, 2.45) is 0 Å². The van der Waals surface area contributed by atoms with Gasteiger partial charge in [0.25, 0.3) is 0 Å². The highest BCUT2D eigenvalue weighted by molar-refractivity contribution is 6.30. The number of hydrogen-bond acceptors (Lipinski definition) is 3. The molecule has 0 aromatic heterocycles. The summed E-state index contributed by atoms with van der Waals surface area (Å²) in [6.45, 7) is 11.5. The van der Waals surface area contributed by atoms with Crippen LogP contribution in [0, 0.1) is 0 Å². The Kier molecular flexibility index (Phi) is 6.06. The molecule has 2 rings (SSSR count). The van der Waals surface area contributed by atoms with E-state index in [2.05, 4.69) is 43.1 Å². The lowest BCUT2D eigenvalue weighted by atomic mass is 9.99. The summed E-state index contributed by atoms with van der Waals surface area (Å²) in [5.74, 6) is 0. The van der Waals surface area contributed by atoms with Gasteiger partial charge < -0.3 is 10.1 Å². The average Bonchev–Trinajstić information content (AvgIpc) is 2.49. The first kappa shape index (κ1) is 16.8. The summed E-state index contributed by atoms with van der Waals surface area (Å²) < 4.78 is 5.45. The van der Waals surface area contributed by atoms with Gasteiger partial charge >= 0.3 is 0 Å². The number of nitrogens with zero attached hydrogens (tertiary/aromatic N) is 1. The molecule has 4 heteroatoms. The van der Waals surface area contributed by atoms with Gasteiger partial charge in [-0.2, -0.15) is 0 Å². The second-order valence-corrected chi connectivity index (χ2v) is 6.75. The topological polar surface area (TPSA) is 24.5 Å². The standard InChI is InChI=1S/C17H27ClN2O/c1-4-16(14-6-5-7-15(18)12-14)19-13-17(2,3)20-8-10-21-11-9-20/h5-7,12,16,19H,4,8-11,13H2,1-3H3. The molecule has 0 radical (unpaired) electrons. The molecular formula is C17H27ClN2O. The molecule has 21 heavy (non-hydrogen) atoms. The van der Waals surface area contributed by atoms with Crippen molar-refractivity contribution in [3.8, 4) is 0 Å². The van der Waals surface area contributed by atoms with Crippen LogP contribution in [0.15, 0.2) is 24.3 Å². The van der Waals surface area contributed by atoms with Crippen LogP contribution >= 0.6 is 11.6 Å². The number of morpholine rings is 1. The first-order valence-electron chi connectivity index (χ1n) is 7.84. The zero-order chi connectivity index (χ0) is 15.3. The van der Waals surface area contributed by atoms with Crippen LogP contribution in [-0.2, 0) is 4.74 Å². The van der Waals surface area contributed by atoms with Gasteiger partial charge in [-0.1, -0.05) is 30.7 Å². The van der Waals surface area contributed by atoms with Crippen LogP contribution in [0.3, 0.4) is 0 Å². The highest BCUT2D eigenvalue weighted by Gasteiger charge is 2.28. The lowest BCUT2D eigenvalue weighted by Crippen LogP contribution is -2.55. The molecule has 0 bridgehead atoms. The Balaban J connectivity index is 1.95. The Bertz CT molecular complexity index is 444. The molecule has 1 aromatic carbocycles. The molecule has 0 aliphatic carbocycles. The zero-order valence-electron chi connectivity index (χ0n) is 13.4. The van der Waals surface area contributed by atoms with Crippen molar-refractivity contribution < 1.29 is 4.74 Å². The Labute approximate surface area is 133 Å². The number of rotatable bonds is 6. The van der Waals surface area contributed by atoms with Crippen molar-refractivity contribution in [2.45, 2.75) is 38.8 Å². The van der Waals surface area contributed by atoms with Gasteiger partial charge in [0, 0.05) is 36.2 Å². The van der Waals surface area contributed by atoms with E-state index >= 15 is 0 Å². The molecule has 1 saturated heterocycles. The number of nitrogens with one attached hydrogen (secondary N) is 1. The molecule has 1 unspecified atom stereocenters. The van der Waals surface area contributed by atoms with E-state index in [1.54, 1.807) is 0 Å². The Morgan fingerprint density at radius 1 is 1.33 bits per heavy atom. The predicted octanol–water partition coefficient (Wildman–Crippen LogP) is 3.49. The SMILES string of the molecule is CCC(NCC(C)(C)N1CCOCC1)c1cccc(Cl)c1. The summed E-state index contributed by atoms with van der Waals surface area (Å²) in [4.78, 5) is 2.51. The second-order valence-electron chi connectivity index (χ2n) is 6.31. The van der Waals surface area contributed by atoms with Crippen molar-refractivity contribution in [3.63, 3.8) is 0 Å².